The average molecular weight is 290 g/mol. The van der Waals surface area contributed by atoms with Crippen molar-refractivity contribution >= 4 is 34.9 Å². The zero-order valence-electron chi connectivity index (χ0n) is 8.63. The lowest BCUT2D eigenvalue weighted by Crippen LogP contribution is -2.22. The van der Waals surface area contributed by atoms with Crippen molar-refractivity contribution in [1.29, 1.82) is 0 Å². The second kappa shape index (κ2) is 4.83. The number of hydrogen-bond donors (Lipinski definition) is 0. The lowest BCUT2D eigenvalue weighted by atomic mass is 10.3. The molecule has 1 aliphatic heterocycles. The highest BCUT2D eigenvalue weighted by Gasteiger charge is 2.29. The number of rotatable bonds is 3. The Hall–Kier alpha value is -1.79. The molecular weight excluding hydrogens is 285 g/mol. The summed E-state index contributed by atoms with van der Waals surface area (Å²) < 4.78 is 9.69. The number of halogens is 2. The molecule has 1 aromatic carbocycles. The van der Waals surface area contributed by atoms with Crippen LogP contribution in [0.2, 0.25) is 10.0 Å². The van der Waals surface area contributed by atoms with E-state index in [1.165, 1.54) is 12.1 Å². The number of nitro groups is 1. The van der Waals surface area contributed by atoms with Crippen LogP contribution in [0.25, 0.3) is 0 Å². The van der Waals surface area contributed by atoms with Crippen molar-refractivity contribution in [3.05, 3.63) is 44.6 Å². The first kappa shape index (κ1) is 12.7. The van der Waals surface area contributed by atoms with E-state index in [2.05, 4.69) is 4.74 Å². The second-order valence-corrected chi connectivity index (χ2v) is 4.14. The Labute approximate surface area is 111 Å². The van der Waals surface area contributed by atoms with E-state index in [0.717, 1.165) is 12.3 Å². The highest BCUT2D eigenvalue weighted by molar-refractivity contribution is 6.36. The number of cyclic esters (lactones) is 1. The van der Waals surface area contributed by atoms with Crippen LogP contribution < -0.4 is 4.74 Å². The maximum absolute atomic E-state index is 11.2. The highest BCUT2D eigenvalue weighted by atomic mass is 35.5. The number of nitro benzene ring substituents is 1. The lowest BCUT2D eigenvalue weighted by molar-refractivity contribution is -0.385. The minimum absolute atomic E-state index is 0.0534. The van der Waals surface area contributed by atoms with Gasteiger partial charge in [-0.2, -0.15) is 0 Å². The van der Waals surface area contributed by atoms with Gasteiger partial charge < -0.3 is 9.47 Å². The summed E-state index contributed by atoms with van der Waals surface area (Å²) in [5, 5.41) is 10.9. The van der Waals surface area contributed by atoms with E-state index in [1.54, 1.807) is 0 Å². The number of nitrogens with zero attached hydrogens (tertiary/aromatic N) is 1. The second-order valence-electron chi connectivity index (χ2n) is 3.30. The molecule has 0 radical (unpaired) electrons. The summed E-state index contributed by atoms with van der Waals surface area (Å²) in [6, 6.07) is 2.38. The number of benzene rings is 1. The van der Waals surface area contributed by atoms with Gasteiger partial charge in [-0.15, -0.1) is 0 Å². The van der Waals surface area contributed by atoms with E-state index in [9.17, 15) is 14.9 Å². The van der Waals surface area contributed by atoms with Gasteiger partial charge in [0.05, 0.1) is 16.2 Å². The minimum atomic E-state index is -1.05. The Morgan fingerprint density at radius 2 is 2.11 bits per heavy atom. The summed E-state index contributed by atoms with van der Waals surface area (Å²) in [4.78, 5) is 21.3. The van der Waals surface area contributed by atoms with Gasteiger partial charge in [-0.3, -0.25) is 10.1 Å². The molecule has 18 heavy (non-hydrogen) atoms. The number of carbonyl (C=O) groups excluding carboxylic acids is 1. The molecule has 0 saturated heterocycles. The summed E-state index contributed by atoms with van der Waals surface area (Å²) in [5.74, 6) is -0.894. The van der Waals surface area contributed by atoms with Crippen LogP contribution in [-0.2, 0) is 9.53 Å². The van der Waals surface area contributed by atoms with Crippen LogP contribution in [0.1, 0.15) is 0 Å². The first-order valence-electron chi connectivity index (χ1n) is 4.66. The zero-order valence-corrected chi connectivity index (χ0v) is 10.1. The van der Waals surface area contributed by atoms with Gasteiger partial charge in [-0.05, 0) is 6.07 Å². The summed E-state index contributed by atoms with van der Waals surface area (Å²) in [6.45, 7) is 0. The molecule has 8 heteroatoms. The van der Waals surface area contributed by atoms with Crippen LogP contribution >= 0.6 is 23.2 Å². The molecule has 6 nitrogen and oxygen atoms in total. The lowest BCUT2D eigenvalue weighted by Gasteiger charge is -2.11. The van der Waals surface area contributed by atoms with Crippen molar-refractivity contribution in [2.45, 2.75) is 6.10 Å². The van der Waals surface area contributed by atoms with Gasteiger partial charge >= 0.3 is 11.7 Å². The largest absolute Gasteiger partial charge is 0.466 e. The summed E-state index contributed by atoms with van der Waals surface area (Å²) in [5.41, 5.74) is -0.416. The maximum Gasteiger partial charge on any atom is 0.356 e. The van der Waals surface area contributed by atoms with Crippen LogP contribution in [0.4, 0.5) is 5.69 Å². The topological polar surface area (TPSA) is 78.7 Å². The van der Waals surface area contributed by atoms with Crippen LogP contribution in [-0.4, -0.2) is 17.0 Å². The first-order valence-corrected chi connectivity index (χ1v) is 5.42. The number of carbonyl (C=O) groups is 1. The molecule has 0 N–H and O–H groups in total. The van der Waals surface area contributed by atoms with Crippen molar-refractivity contribution in [3.63, 3.8) is 0 Å². The van der Waals surface area contributed by atoms with E-state index in [1.807, 2.05) is 0 Å². The number of hydrogen-bond acceptors (Lipinski definition) is 5. The highest BCUT2D eigenvalue weighted by Crippen LogP contribution is 2.38. The normalized spacial score (nSPS) is 17.7. The van der Waals surface area contributed by atoms with Crippen molar-refractivity contribution in [3.8, 4) is 5.75 Å². The fourth-order valence-corrected chi connectivity index (χ4v) is 1.86. The molecule has 1 heterocycles. The molecule has 0 aromatic heterocycles. The summed E-state index contributed by atoms with van der Waals surface area (Å²) in [7, 11) is 0. The summed E-state index contributed by atoms with van der Waals surface area (Å²) >= 11 is 11.5. The third-order valence-corrected chi connectivity index (χ3v) is 2.60. The summed E-state index contributed by atoms with van der Waals surface area (Å²) in [6.07, 6.45) is 1.40. The molecule has 2 rings (SSSR count). The third-order valence-electron chi connectivity index (χ3n) is 2.10. The number of ether oxygens (including phenoxy) is 2. The van der Waals surface area contributed by atoms with E-state index >= 15 is 0 Å². The van der Waals surface area contributed by atoms with Crippen molar-refractivity contribution < 1.29 is 19.2 Å². The predicted molar refractivity (Wildman–Crippen MR) is 62.8 cm³/mol. The molecule has 0 bridgehead atoms. The first-order chi connectivity index (χ1) is 8.49. The van der Waals surface area contributed by atoms with Crippen LogP contribution in [0.15, 0.2) is 24.5 Å². The van der Waals surface area contributed by atoms with Gasteiger partial charge in [0.1, 0.15) is 0 Å². The van der Waals surface area contributed by atoms with E-state index in [-0.39, 0.29) is 15.8 Å². The zero-order chi connectivity index (χ0) is 13.3. The van der Waals surface area contributed by atoms with E-state index in [0.29, 0.717) is 0 Å². The SMILES string of the molecule is O=C1OC=CC1Oc1c(Cl)cc(Cl)cc1[N+](=O)[O-]. The molecule has 94 valence electrons. The van der Waals surface area contributed by atoms with Gasteiger partial charge in [0.2, 0.25) is 11.9 Å². The number of esters is 1. The molecule has 0 aliphatic carbocycles. The van der Waals surface area contributed by atoms with Gasteiger partial charge in [0, 0.05) is 17.2 Å². The van der Waals surface area contributed by atoms with Crippen LogP contribution in [0.3, 0.4) is 0 Å². The van der Waals surface area contributed by atoms with Crippen molar-refractivity contribution in [1.82, 2.24) is 0 Å². The van der Waals surface area contributed by atoms with Crippen LogP contribution in [0, 0.1) is 10.1 Å². The fourth-order valence-electron chi connectivity index (χ4n) is 1.34. The monoisotopic (exact) mass is 289 g/mol. The fraction of sp³-hybridized carbons (Fsp3) is 0.100. The smallest absolute Gasteiger partial charge is 0.356 e. The molecule has 1 aliphatic rings. The molecular formula is C10H5Cl2NO5. The molecule has 1 aromatic rings. The van der Waals surface area contributed by atoms with Gasteiger partial charge in [-0.1, -0.05) is 23.2 Å². The van der Waals surface area contributed by atoms with E-state index in [4.69, 9.17) is 27.9 Å². The van der Waals surface area contributed by atoms with Gasteiger partial charge in [0.25, 0.3) is 0 Å². The van der Waals surface area contributed by atoms with Crippen LogP contribution in [0.5, 0.6) is 5.75 Å². The average Bonchev–Trinajstić information content (AvgIpc) is 2.67. The van der Waals surface area contributed by atoms with Gasteiger partial charge in [0.15, 0.2) is 0 Å². The van der Waals surface area contributed by atoms with Crippen molar-refractivity contribution in [2.75, 3.05) is 0 Å². The Bertz CT molecular complexity index is 557. The molecule has 1 atom stereocenters. The minimum Gasteiger partial charge on any atom is -0.466 e. The molecule has 1 unspecified atom stereocenters. The Kier molecular flexibility index (Phi) is 3.40. The Morgan fingerprint density at radius 1 is 1.39 bits per heavy atom. The Balaban J connectivity index is 2.40. The Morgan fingerprint density at radius 3 is 2.67 bits per heavy atom. The predicted octanol–water partition coefficient (Wildman–Crippen LogP) is 2.72. The molecule has 0 amide bonds. The standard InChI is InChI=1S/C10H5Cl2NO5/c11-5-3-6(12)9(7(4-5)13(15)16)18-8-1-2-17-10(8)14/h1-4,8H. The van der Waals surface area contributed by atoms with Crippen molar-refractivity contribution in [2.24, 2.45) is 0 Å². The van der Waals surface area contributed by atoms with E-state index < -0.39 is 22.7 Å². The third kappa shape index (κ3) is 2.39. The maximum atomic E-state index is 11.2. The molecule has 0 saturated carbocycles. The molecule has 0 fully saturated rings. The van der Waals surface area contributed by atoms with Gasteiger partial charge in [-0.25, -0.2) is 4.79 Å². The quantitative estimate of drug-likeness (QED) is 0.486. The molecule has 0 spiro atoms.